The fourth-order valence-electron chi connectivity index (χ4n) is 2.96. The Hall–Kier alpha value is -2.57. The van der Waals surface area contributed by atoms with Gasteiger partial charge in [-0.1, -0.05) is 36.7 Å². The lowest BCUT2D eigenvalue weighted by Gasteiger charge is -2.27. The first-order valence-electron chi connectivity index (χ1n) is 9.27. The highest BCUT2D eigenvalue weighted by molar-refractivity contribution is 6.30. The van der Waals surface area contributed by atoms with E-state index in [4.69, 9.17) is 21.1 Å². The maximum absolute atomic E-state index is 12.8. The minimum atomic E-state index is -0.704. The van der Waals surface area contributed by atoms with Gasteiger partial charge in [-0.2, -0.15) is 0 Å². The topological polar surface area (TPSA) is 67.9 Å². The molecular formula is C21H23ClN2O4. The molecule has 148 valence electrons. The SMILES string of the molecule is CCC(Oc1cccc(Cl)c1)C(=O)Nc1ccccc1C(=O)N1CCOCC1. The summed E-state index contributed by atoms with van der Waals surface area (Å²) in [6.07, 6.45) is -0.234. The van der Waals surface area contributed by atoms with Crippen LogP contribution in [0.25, 0.3) is 0 Å². The molecule has 0 aliphatic carbocycles. The second-order valence-corrected chi connectivity index (χ2v) is 6.85. The third-order valence-corrected chi connectivity index (χ3v) is 4.69. The number of hydrogen-bond acceptors (Lipinski definition) is 4. The zero-order valence-corrected chi connectivity index (χ0v) is 16.4. The highest BCUT2D eigenvalue weighted by Gasteiger charge is 2.24. The van der Waals surface area contributed by atoms with Gasteiger partial charge in [-0.25, -0.2) is 0 Å². The summed E-state index contributed by atoms with van der Waals surface area (Å²) < 4.78 is 11.1. The van der Waals surface area contributed by atoms with Gasteiger partial charge in [-0.15, -0.1) is 0 Å². The molecule has 1 aliphatic heterocycles. The molecule has 1 saturated heterocycles. The second-order valence-electron chi connectivity index (χ2n) is 6.41. The zero-order valence-electron chi connectivity index (χ0n) is 15.7. The third kappa shape index (κ3) is 5.03. The fourth-order valence-corrected chi connectivity index (χ4v) is 3.14. The van der Waals surface area contributed by atoms with E-state index in [2.05, 4.69) is 5.32 Å². The number of nitrogens with one attached hydrogen (secondary N) is 1. The van der Waals surface area contributed by atoms with Crippen molar-refractivity contribution in [2.24, 2.45) is 0 Å². The molecule has 28 heavy (non-hydrogen) atoms. The monoisotopic (exact) mass is 402 g/mol. The molecule has 0 bridgehead atoms. The van der Waals surface area contributed by atoms with E-state index in [9.17, 15) is 9.59 Å². The molecule has 2 amide bonds. The molecule has 1 N–H and O–H groups in total. The Morgan fingerprint density at radius 1 is 1.18 bits per heavy atom. The number of morpholine rings is 1. The summed E-state index contributed by atoms with van der Waals surface area (Å²) in [5.41, 5.74) is 0.924. The van der Waals surface area contributed by atoms with Crippen molar-refractivity contribution in [3.8, 4) is 5.75 Å². The van der Waals surface area contributed by atoms with E-state index >= 15 is 0 Å². The Bertz CT molecular complexity index is 837. The van der Waals surface area contributed by atoms with E-state index in [-0.39, 0.29) is 11.8 Å². The minimum Gasteiger partial charge on any atom is -0.481 e. The molecule has 7 heteroatoms. The molecule has 6 nitrogen and oxygen atoms in total. The van der Waals surface area contributed by atoms with Crippen LogP contribution < -0.4 is 10.1 Å². The Kier molecular flexibility index (Phi) is 6.90. The highest BCUT2D eigenvalue weighted by atomic mass is 35.5. The lowest BCUT2D eigenvalue weighted by molar-refractivity contribution is -0.122. The van der Waals surface area contributed by atoms with Crippen LogP contribution in [0.2, 0.25) is 5.02 Å². The predicted molar refractivity (Wildman–Crippen MR) is 108 cm³/mol. The summed E-state index contributed by atoms with van der Waals surface area (Å²) >= 11 is 5.98. The molecule has 0 spiro atoms. The van der Waals surface area contributed by atoms with Crippen molar-refractivity contribution in [3.63, 3.8) is 0 Å². The fraction of sp³-hybridized carbons (Fsp3) is 0.333. The standard InChI is InChI=1S/C21H23ClN2O4/c1-2-19(28-16-7-5-6-15(22)14-16)20(25)23-18-9-4-3-8-17(18)21(26)24-10-12-27-13-11-24/h3-9,14,19H,2,10-13H2,1H3,(H,23,25). The normalized spacial score (nSPS) is 15.0. The predicted octanol–water partition coefficient (Wildman–Crippen LogP) is 3.61. The zero-order chi connectivity index (χ0) is 19.9. The van der Waals surface area contributed by atoms with Crippen molar-refractivity contribution < 1.29 is 19.1 Å². The molecule has 1 heterocycles. The molecule has 1 unspecified atom stereocenters. The van der Waals surface area contributed by atoms with Crippen molar-refractivity contribution in [2.45, 2.75) is 19.4 Å². The minimum absolute atomic E-state index is 0.122. The summed E-state index contributed by atoms with van der Waals surface area (Å²) in [4.78, 5) is 27.3. The average molecular weight is 403 g/mol. The van der Waals surface area contributed by atoms with E-state index in [1.165, 1.54) is 0 Å². The number of benzene rings is 2. The van der Waals surface area contributed by atoms with Gasteiger partial charge < -0.3 is 19.7 Å². The Balaban J connectivity index is 1.73. The van der Waals surface area contributed by atoms with Crippen LogP contribution in [0.15, 0.2) is 48.5 Å². The highest BCUT2D eigenvalue weighted by Crippen LogP contribution is 2.22. The van der Waals surface area contributed by atoms with Gasteiger partial charge in [0, 0.05) is 18.1 Å². The molecule has 2 aromatic rings. The van der Waals surface area contributed by atoms with Crippen LogP contribution in [0.4, 0.5) is 5.69 Å². The van der Waals surface area contributed by atoms with Gasteiger partial charge >= 0.3 is 0 Å². The van der Waals surface area contributed by atoms with Gasteiger partial charge in [0.1, 0.15) is 5.75 Å². The average Bonchev–Trinajstić information content (AvgIpc) is 2.72. The van der Waals surface area contributed by atoms with Gasteiger partial charge in [0.2, 0.25) is 0 Å². The smallest absolute Gasteiger partial charge is 0.265 e. The number of nitrogens with zero attached hydrogens (tertiary/aromatic N) is 1. The van der Waals surface area contributed by atoms with Gasteiger partial charge in [0.05, 0.1) is 24.5 Å². The van der Waals surface area contributed by atoms with Crippen LogP contribution >= 0.6 is 11.6 Å². The van der Waals surface area contributed by atoms with Gasteiger partial charge in [-0.05, 0) is 36.8 Å². The number of amides is 2. The molecule has 0 saturated carbocycles. The van der Waals surface area contributed by atoms with Crippen molar-refractivity contribution >= 4 is 29.1 Å². The van der Waals surface area contributed by atoms with E-state index in [0.717, 1.165) is 0 Å². The van der Waals surface area contributed by atoms with Crippen molar-refractivity contribution in [2.75, 3.05) is 31.6 Å². The summed E-state index contributed by atoms with van der Waals surface area (Å²) in [7, 11) is 0. The van der Waals surface area contributed by atoms with Crippen molar-refractivity contribution in [1.82, 2.24) is 4.90 Å². The first-order chi connectivity index (χ1) is 13.6. The Labute approximate surface area is 169 Å². The summed E-state index contributed by atoms with van der Waals surface area (Å²) in [5, 5.41) is 3.38. The summed E-state index contributed by atoms with van der Waals surface area (Å²) in [6.45, 7) is 3.98. The number of hydrogen-bond donors (Lipinski definition) is 1. The molecule has 1 fully saturated rings. The molecule has 0 aromatic heterocycles. The number of carbonyl (C=O) groups is 2. The number of anilines is 1. The van der Waals surface area contributed by atoms with E-state index < -0.39 is 6.10 Å². The van der Waals surface area contributed by atoms with Crippen LogP contribution in [-0.2, 0) is 9.53 Å². The second kappa shape index (κ2) is 9.57. The van der Waals surface area contributed by atoms with Crippen LogP contribution in [-0.4, -0.2) is 49.1 Å². The Morgan fingerprint density at radius 2 is 1.93 bits per heavy atom. The first-order valence-corrected chi connectivity index (χ1v) is 9.65. The van der Waals surface area contributed by atoms with Crippen molar-refractivity contribution in [1.29, 1.82) is 0 Å². The number of rotatable bonds is 6. The lowest BCUT2D eigenvalue weighted by atomic mass is 10.1. The van der Waals surface area contributed by atoms with E-state index in [1.807, 2.05) is 6.92 Å². The summed E-state index contributed by atoms with van der Waals surface area (Å²) in [6, 6.07) is 13.9. The molecule has 1 atom stereocenters. The maximum Gasteiger partial charge on any atom is 0.265 e. The largest absolute Gasteiger partial charge is 0.481 e. The van der Waals surface area contributed by atoms with Gasteiger partial charge in [0.25, 0.3) is 11.8 Å². The van der Waals surface area contributed by atoms with Crippen LogP contribution in [0, 0.1) is 0 Å². The molecule has 0 radical (unpaired) electrons. The maximum atomic E-state index is 12.8. The van der Waals surface area contributed by atoms with Gasteiger partial charge in [0.15, 0.2) is 6.10 Å². The van der Waals surface area contributed by atoms with Crippen LogP contribution in [0.5, 0.6) is 5.75 Å². The Morgan fingerprint density at radius 3 is 2.64 bits per heavy atom. The molecule has 1 aliphatic rings. The van der Waals surface area contributed by atoms with E-state index in [0.29, 0.717) is 54.7 Å². The summed E-state index contributed by atoms with van der Waals surface area (Å²) in [5.74, 6) is 0.0832. The quantitative estimate of drug-likeness (QED) is 0.801. The molecular weight excluding hydrogens is 380 g/mol. The van der Waals surface area contributed by atoms with E-state index in [1.54, 1.807) is 53.4 Å². The van der Waals surface area contributed by atoms with Crippen LogP contribution in [0.3, 0.4) is 0 Å². The molecule has 3 rings (SSSR count). The lowest BCUT2D eigenvalue weighted by Crippen LogP contribution is -2.41. The van der Waals surface area contributed by atoms with Crippen molar-refractivity contribution in [3.05, 3.63) is 59.1 Å². The number of carbonyl (C=O) groups excluding carboxylic acids is 2. The van der Waals surface area contributed by atoms with Crippen LogP contribution in [0.1, 0.15) is 23.7 Å². The number of halogens is 1. The molecule has 2 aromatic carbocycles. The number of ether oxygens (including phenoxy) is 2. The number of para-hydroxylation sites is 1. The van der Waals surface area contributed by atoms with Gasteiger partial charge in [-0.3, -0.25) is 9.59 Å². The third-order valence-electron chi connectivity index (χ3n) is 4.45. The first kappa shape index (κ1) is 20.2.